The smallest absolute Gasteiger partial charge is 0.416 e. The van der Waals surface area contributed by atoms with Crippen LogP contribution in [0.25, 0.3) is 0 Å². The van der Waals surface area contributed by atoms with Gasteiger partial charge in [0.2, 0.25) is 10.0 Å². The molecule has 0 spiro atoms. The van der Waals surface area contributed by atoms with Crippen LogP contribution < -0.4 is 4.74 Å². The van der Waals surface area contributed by atoms with Gasteiger partial charge in [-0.05, 0) is 75.4 Å². The van der Waals surface area contributed by atoms with E-state index >= 15 is 0 Å². The third-order valence-corrected chi connectivity index (χ3v) is 7.61. The standard InChI is InChI=1S/C25H29F4NO5S/c1-24(2,3)35-23(31)15-34-22-11-7-9-19-20(22)8-5-6-10-21(19)30(4)36(32,33)18-13-16(25(27,28)29)12-17(26)14-18/h7,9,11-14,21H,5-6,8,10,15H2,1-4H3. The van der Waals surface area contributed by atoms with Gasteiger partial charge in [-0.2, -0.15) is 17.5 Å². The van der Waals surface area contributed by atoms with E-state index in [-0.39, 0.29) is 12.7 Å². The van der Waals surface area contributed by atoms with Gasteiger partial charge in [-0.25, -0.2) is 17.6 Å². The van der Waals surface area contributed by atoms with Crippen LogP contribution in [0.3, 0.4) is 0 Å². The van der Waals surface area contributed by atoms with E-state index in [2.05, 4.69) is 0 Å². The van der Waals surface area contributed by atoms with Crippen LogP contribution in [0.5, 0.6) is 5.75 Å². The number of rotatable bonds is 6. The fraction of sp³-hybridized carbons (Fsp3) is 0.480. The second-order valence-corrected chi connectivity index (χ2v) is 11.7. The highest BCUT2D eigenvalue weighted by Crippen LogP contribution is 2.40. The number of carbonyl (C=O) groups excluding carboxylic acids is 1. The molecule has 0 fully saturated rings. The molecular formula is C25H29F4NO5S. The summed E-state index contributed by atoms with van der Waals surface area (Å²) in [6.45, 7) is 4.86. The molecule has 0 bridgehead atoms. The molecule has 1 aliphatic rings. The summed E-state index contributed by atoms with van der Waals surface area (Å²) in [5.41, 5.74) is -0.735. The molecule has 0 amide bonds. The van der Waals surface area contributed by atoms with E-state index in [1.54, 1.807) is 39.0 Å². The summed E-state index contributed by atoms with van der Waals surface area (Å²) in [5.74, 6) is -1.45. The number of nitrogens with zero attached hydrogens (tertiary/aromatic N) is 1. The van der Waals surface area contributed by atoms with Crippen molar-refractivity contribution in [1.29, 1.82) is 0 Å². The number of hydrogen-bond donors (Lipinski definition) is 0. The zero-order chi connectivity index (χ0) is 26.9. The lowest BCUT2D eigenvalue weighted by Crippen LogP contribution is -2.32. The molecular weight excluding hydrogens is 502 g/mol. The molecule has 1 atom stereocenters. The fourth-order valence-electron chi connectivity index (χ4n) is 4.19. The van der Waals surface area contributed by atoms with Crippen molar-refractivity contribution >= 4 is 16.0 Å². The number of esters is 1. The Hall–Kier alpha value is -2.66. The van der Waals surface area contributed by atoms with Gasteiger partial charge in [0.1, 0.15) is 17.2 Å². The molecule has 2 aromatic carbocycles. The molecule has 36 heavy (non-hydrogen) atoms. The minimum atomic E-state index is -4.90. The van der Waals surface area contributed by atoms with Crippen molar-refractivity contribution < 1.29 is 40.2 Å². The van der Waals surface area contributed by atoms with Gasteiger partial charge in [0.25, 0.3) is 0 Å². The summed E-state index contributed by atoms with van der Waals surface area (Å²) in [5, 5.41) is 0. The average Bonchev–Trinajstić information content (AvgIpc) is 2.97. The van der Waals surface area contributed by atoms with Gasteiger partial charge in [-0.1, -0.05) is 18.6 Å². The Bertz CT molecular complexity index is 1220. The molecule has 0 aromatic heterocycles. The molecule has 1 unspecified atom stereocenters. The van der Waals surface area contributed by atoms with Crippen molar-refractivity contribution in [2.45, 2.75) is 69.2 Å². The predicted molar refractivity (Wildman–Crippen MR) is 124 cm³/mol. The molecule has 0 radical (unpaired) electrons. The topological polar surface area (TPSA) is 72.9 Å². The SMILES string of the molecule is CN(C1CCCCc2c(OCC(=O)OC(C)(C)C)cccc21)S(=O)(=O)c1cc(F)cc(C(F)(F)F)c1. The zero-order valence-corrected chi connectivity index (χ0v) is 21.3. The van der Waals surface area contributed by atoms with Gasteiger partial charge in [-0.15, -0.1) is 0 Å². The molecule has 2 aromatic rings. The first-order valence-electron chi connectivity index (χ1n) is 11.4. The number of halogens is 4. The van der Waals surface area contributed by atoms with E-state index in [9.17, 15) is 30.8 Å². The van der Waals surface area contributed by atoms with E-state index in [4.69, 9.17) is 9.47 Å². The Morgan fingerprint density at radius 3 is 2.44 bits per heavy atom. The number of fused-ring (bicyclic) bond motifs is 1. The maximum atomic E-state index is 14.0. The van der Waals surface area contributed by atoms with E-state index in [1.165, 1.54) is 7.05 Å². The summed E-state index contributed by atoms with van der Waals surface area (Å²) in [6.07, 6.45) is -2.59. The van der Waals surface area contributed by atoms with Crippen LogP contribution in [-0.4, -0.2) is 37.9 Å². The highest BCUT2D eigenvalue weighted by atomic mass is 32.2. The van der Waals surface area contributed by atoms with Crippen LogP contribution in [0.1, 0.15) is 62.8 Å². The van der Waals surface area contributed by atoms with E-state index in [0.717, 1.165) is 4.31 Å². The first-order valence-corrected chi connectivity index (χ1v) is 12.9. The lowest BCUT2D eigenvalue weighted by molar-refractivity contribution is -0.157. The van der Waals surface area contributed by atoms with Gasteiger partial charge in [-0.3, -0.25) is 0 Å². The second kappa shape index (κ2) is 10.4. The van der Waals surface area contributed by atoms with Gasteiger partial charge < -0.3 is 9.47 Å². The van der Waals surface area contributed by atoms with Crippen molar-refractivity contribution in [3.63, 3.8) is 0 Å². The Balaban J connectivity index is 1.94. The van der Waals surface area contributed by atoms with Crippen LogP contribution in [-0.2, 0) is 32.2 Å². The van der Waals surface area contributed by atoms with Crippen molar-refractivity contribution in [2.75, 3.05) is 13.7 Å². The Morgan fingerprint density at radius 2 is 1.81 bits per heavy atom. The summed E-state index contributed by atoms with van der Waals surface area (Å²) in [7, 11) is -3.22. The van der Waals surface area contributed by atoms with E-state index < -0.39 is 50.1 Å². The number of benzene rings is 2. The summed E-state index contributed by atoms with van der Waals surface area (Å²) in [6, 6.07) is 5.61. The Kier molecular flexibility index (Phi) is 8.04. The summed E-state index contributed by atoms with van der Waals surface area (Å²) >= 11 is 0. The molecule has 0 N–H and O–H groups in total. The van der Waals surface area contributed by atoms with Gasteiger partial charge >= 0.3 is 12.1 Å². The number of hydrogen-bond acceptors (Lipinski definition) is 5. The molecule has 0 aliphatic heterocycles. The first kappa shape index (κ1) is 27.9. The molecule has 6 nitrogen and oxygen atoms in total. The lowest BCUT2D eigenvalue weighted by Gasteiger charge is -2.29. The van der Waals surface area contributed by atoms with Crippen LogP contribution in [0, 0.1) is 5.82 Å². The minimum Gasteiger partial charge on any atom is -0.482 e. The number of ether oxygens (including phenoxy) is 2. The Morgan fingerprint density at radius 1 is 1.11 bits per heavy atom. The number of alkyl halides is 3. The third-order valence-electron chi connectivity index (χ3n) is 5.76. The molecule has 198 valence electrons. The molecule has 1 aliphatic carbocycles. The van der Waals surface area contributed by atoms with Crippen molar-refractivity contribution in [3.05, 3.63) is 58.9 Å². The Labute approximate surface area is 208 Å². The van der Waals surface area contributed by atoms with Gasteiger partial charge in [0.15, 0.2) is 6.61 Å². The quantitative estimate of drug-likeness (QED) is 0.274. The molecule has 0 heterocycles. The van der Waals surface area contributed by atoms with E-state index in [1.807, 2.05) is 0 Å². The number of carbonyl (C=O) groups is 1. The normalized spacial score (nSPS) is 16.9. The maximum Gasteiger partial charge on any atom is 0.416 e. The van der Waals surface area contributed by atoms with Crippen LogP contribution >= 0.6 is 0 Å². The molecule has 0 saturated carbocycles. The second-order valence-electron chi connectivity index (χ2n) is 9.66. The van der Waals surface area contributed by atoms with Gasteiger partial charge in [0.05, 0.1) is 16.5 Å². The highest BCUT2D eigenvalue weighted by molar-refractivity contribution is 7.89. The summed E-state index contributed by atoms with van der Waals surface area (Å²) < 4.78 is 92.1. The largest absolute Gasteiger partial charge is 0.482 e. The highest BCUT2D eigenvalue weighted by Gasteiger charge is 2.36. The minimum absolute atomic E-state index is 0.258. The van der Waals surface area contributed by atoms with Crippen LogP contribution in [0.2, 0.25) is 0 Å². The third kappa shape index (κ3) is 6.56. The van der Waals surface area contributed by atoms with Crippen molar-refractivity contribution in [2.24, 2.45) is 0 Å². The van der Waals surface area contributed by atoms with Crippen LogP contribution in [0.4, 0.5) is 17.6 Å². The van der Waals surface area contributed by atoms with Crippen molar-refractivity contribution in [1.82, 2.24) is 4.31 Å². The molecule has 3 rings (SSSR count). The van der Waals surface area contributed by atoms with E-state index in [0.29, 0.717) is 54.7 Å². The summed E-state index contributed by atoms with van der Waals surface area (Å²) in [4.78, 5) is 11.3. The zero-order valence-electron chi connectivity index (χ0n) is 20.5. The lowest BCUT2D eigenvalue weighted by atomic mass is 9.98. The monoisotopic (exact) mass is 531 g/mol. The van der Waals surface area contributed by atoms with Crippen LogP contribution in [0.15, 0.2) is 41.3 Å². The van der Waals surface area contributed by atoms with Crippen molar-refractivity contribution in [3.8, 4) is 5.75 Å². The fourth-order valence-corrected chi connectivity index (χ4v) is 5.61. The molecule has 11 heteroatoms. The average molecular weight is 532 g/mol. The maximum absolute atomic E-state index is 14.0. The first-order chi connectivity index (χ1) is 16.6. The number of sulfonamides is 1. The molecule has 0 saturated heterocycles. The predicted octanol–water partition coefficient (Wildman–Crippen LogP) is 5.65. The van der Waals surface area contributed by atoms with Gasteiger partial charge in [0, 0.05) is 7.05 Å².